The number of carboxylic acid groups (broad SMARTS) is 1. The number of amides is 2. The van der Waals surface area contributed by atoms with Crippen molar-refractivity contribution in [3.8, 4) is 11.5 Å². The first-order valence-corrected chi connectivity index (χ1v) is 17.0. The van der Waals surface area contributed by atoms with Crippen molar-refractivity contribution < 1.29 is 38.5 Å². The summed E-state index contributed by atoms with van der Waals surface area (Å²) in [5, 5.41) is 20.8. The van der Waals surface area contributed by atoms with Gasteiger partial charge in [-0.3, -0.25) is 19.3 Å². The lowest BCUT2D eigenvalue weighted by molar-refractivity contribution is -0.143. The Labute approximate surface area is 276 Å². The first kappa shape index (κ1) is 34.6. The zero-order valence-corrected chi connectivity index (χ0v) is 27.8. The van der Waals surface area contributed by atoms with Crippen LogP contribution in [0.3, 0.4) is 0 Å². The van der Waals surface area contributed by atoms with Crippen molar-refractivity contribution in [1.29, 1.82) is 0 Å². The number of fused-ring (bicyclic) bond motifs is 1. The highest BCUT2D eigenvalue weighted by Crippen LogP contribution is 2.45. The summed E-state index contributed by atoms with van der Waals surface area (Å²) in [4.78, 5) is 45.8. The molecule has 2 N–H and O–H groups in total. The number of ether oxygens (including phenoxy) is 2. The lowest BCUT2D eigenvalue weighted by Crippen LogP contribution is -2.49. The lowest BCUT2D eigenvalue weighted by Gasteiger charge is -2.35. The van der Waals surface area contributed by atoms with E-state index in [0.29, 0.717) is 59.8 Å². The maximum atomic E-state index is 14.5. The Balaban J connectivity index is 1.50. The van der Waals surface area contributed by atoms with E-state index in [2.05, 4.69) is 13.8 Å². The molecule has 0 bridgehead atoms. The Morgan fingerprint density at radius 2 is 1.87 bits per heavy atom. The first-order valence-electron chi connectivity index (χ1n) is 17.0. The average molecular weight is 654 g/mol. The van der Waals surface area contributed by atoms with Gasteiger partial charge in [0.1, 0.15) is 5.82 Å². The van der Waals surface area contributed by atoms with E-state index >= 15 is 0 Å². The quantitative estimate of drug-likeness (QED) is 0.285. The third-order valence-electron chi connectivity index (χ3n) is 9.96. The molecule has 47 heavy (non-hydrogen) atoms. The third-order valence-corrected chi connectivity index (χ3v) is 9.96. The number of aliphatic hydroxyl groups is 1. The number of aliphatic carboxylic acids is 1. The fourth-order valence-electron chi connectivity index (χ4n) is 7.67. The van der Waals surface area contributed by atoms with Crippen LogP contribution in [-0.4, -0.2) is 82.9 Å². The zero-order valence-electron chi connectivity index (χ0n) is 27.8. The normalized spacial score (nSPS) is 21.1. The number of rotatable bonds is 14. The predicted octanol–water partition coefficient (Wildman–Crippen LogP) is 5.23. The number of carbonyl (C=O) groups excluding carboxylic acids is 2. The van der Waals surface area contributed by atoms with E-state index in [4.69, 9.17) is 9.47 Å². The molecule has 10 nitrogen and oxygen atoms in total. The van der Waals surface area contributed by atoms with Gasteiger partial charge >= 0.3 is 5.97 Å². The number of likely N-dealkylation sites (tertiary alicyclic amines) is 2. The summed E-state index contributed by atoms with van der Waals surface area (Å²) in [6.07, 6.45) is 5.93. The summed E-state index contributed by atoms with van der Waals surface area (Å²) in [6, 6.07) is 7.67. The molecule has 2 saturated heterocycles. The molecular weight excluding hydrogens is 605 g/mol. The minimum absolute atomic E-state index is 0.0152. The Morgan fingerprint density at radius 1 is 1.11 bits per heavy atom. The van der Waals surface area contributed by atoms with Crippen molar-refractivity contribution in [3.63, 3.8) is 0 Å². The monoisotopic (exact) mass is 653 g/mol. The van der Waals surface area contributed by atoms with Gasteiger partial charge in [0.15, 0.2) is 11.5 Å². The topological polar surface area (TPSA) is 120 Å². The molecule has 3 heterocycles. The third kappa shape index (κ3) is 7.56. The second kappa shape index (κ2) is 15.5. The minimum Gasteiger partial charge on any atom is -0.481 e. The van der Waals surface area contributed by atoms with E-state index in [1.165, 1.54) is 6.07 Å². The van der Waals surface area contributed by atoms with Gasteiger partial charge in [-0.25, -0.2) is 4.39 Å². The summed E-state index contributed by atoms with van der Waals surface area (Å²) in [7, 11) is 0. The van der Waals surface area contributed by atoms with Gasteiger partial charge in [0.2, 0.25) is 18.6 Å². The van der Waals surface area contributed by atoms with Crippen LogP contribution >= 0.6 is 0 Å². The molecule has 3 aliphatic rings. The SMILES string of the molecule is CCCC(CCC)N(C(=O)CN1C[C@H](c2cc(CO)c3c(c2)OCO3)[C@@H](C(=O)O)[C@@H]1CCN1CCCCC1=O)c1ccc(F)c(C)c1. The maximum absolute atomic E-state index is 14.5. The van der Waals surface area contributed by atoms with E-state index in [1.54, 1.807) is 36.1 Å². The van der Waals surface area contributed by atoms with Crippen molar-refractivity contribution in [2.45, 2.75) is 96.7 Å². The minimum atomic E-state index is -0.982. The van der Waals surface area contributed by atoms with Gasteiger partial charge < -0.3 is 29.5 Å². The van der Waals surface area contributed by atoms with Gasteiger partial charge in [0, 0.05) is 55.3 Å². The Bertz CT molecular complexity index is 1450. The van der Waals surface area contributed by atoms with Gasteiger partial charge in [0.25, 0.3) is 0 Å². The predicted molar refractivity (Wildman–Crippen MR) is 175 cm³/mol. The molecule has 0 aromatic heterocycles. The van der Waals surface area contributed by atoms with Crippen LogP contribution < -0.4 is 14.4 Å². The highest BCUT2D eigenvalue weighted by atomic mass is 19.1. The molecule has 3 aliphatic heterocycles. The Hall–Kier alpha value is -3.70. The number of carboxylic acids is 1. The molecule has 3 atom stereocenters. The number of halogens is 1. The summed E-state index contributed by atoms with van der Waals surface area (Å²) in [6.45, 7) is 6.86. The number of piperidine rings is 1. The van der Waals surface area contributed by atoms with Crippen molar-refractivity contribution in [1.82, 2.24) is 9.80 Å². The second-order valence-electron chi connectivity index (χ2n) is 13.1. The van der Waals surface area contributed by atoms with Crippen LogP contribution in [0.1, 0.15) is 87.8 Å². The molecular formula is C36H48FN3O7. The molecule has 2 fully saturated rings. The van der Waals surface area contributed by atoms with Crippen LogP contribution in [0.25, 0.3) is 0 Å². The number of hydrogen-bond donors (Lipinski definition) is 2. The second-order valence-corrected chi connectivity index (χ2v) is 13.1. The molecule has 0 radical (unpaired) electrons. The van der Waals surface area contributed by atoms with Gasteiger partial charge in [-0.15, -0.1) is 0 Å². The molecule has 0 unspecified atom stereocenters. The zero-order chi connectivity index (χ0) is 33.7. The van der Waals surface area contributed by atoms with E-state index < -0.39 is 23.8 Å². The Kier molecular flexibility index (Phi) is 11.4. The van der Waals surface area contributed by atoms with Gasteiger partial charge in [0.05, 0.1) is 19.1 Å². The highest BCUT2D eigenvalue weighted by Gasteiger charge is 2.48. The molecule has 256 valence electrons. The molecule has 11 heteroatoms. The van der Waals surface area contributed by atoms with Crippen LogP contribution in [0.15, 0.2) is 30.3 Å². The number of hydrogen-bond acceptors (Lipinski definition) is 7. The van der Waals surface area contributed by atoms with Crippen molar-refractivity contribution in [2.24, 2.45) is 5.92 Å². The smallest absolute Gasteiger partial charge is 0.308 e. The molecule has 2 aromatic carbocycles. The van der Waals surface area contributed by atoms with Crippen LogP contribution in [0.2, 0.25) is 0 Å². The van der Waals surface area contributed by atoms with Gasteiger partial charge in [-0.1, -0.05) is 26.7 Å². The Morgan fingerprint density at radius 3 is 2.53 bits per heavy atom. The maximum Gasteiger partial charge on any atom is 0.308 e. The molecule has 0 spiro atoms. The number of aliphatic hydroxyl groups excluding tert-OH is 1. The highest BCUT2D eigenvalue weighted by molar-refractivity contribution is 5.95. The summed E-state index contributed by atoms with van der Waals surface area (Å²) < 4.78 is 25.5. The van der Waals surface area contributed by atoms with E-state index in [9.17, 15) is 29.0 Å². The summed E-state index contributed by atoms with van der Waals surface area (Å²) >= 11 is 0. The number of carbonyl (C=O) groups is 3. The average Bonchev–Trinajstić information content (AvgIpc) is 3.67. The molecule has 0 saturated carbocycles. The van der Waals surface area contributed by atoms with E-state index in [0.717, 1.165) is 38.5 Å². The van der Waals surface area contributed by atoms with Gasteiger partial charge in [-0.2, -0.15) is 0 Å². The number of anilines is 1. The van der Waals surface area contributed by atoms with E-state index in [-0.39, 0.29) is 50.2 Å². The van der Waals surface area contributed by atoms with Crippen molar-refractivity contribution in [3.05, 3.63) is 52.8 Å². The van der Waals surface area contributed by atoms with Crippen molar-refractivity contribution >= 4 is 23.5 Å². The van der Waals surface area contributed by atoms with Crippen LogP contribution in [0.5, 0.6) is 11.5 Å². The van der Waals surface area contributed by atoms with Crippen LogP contribution in [0, 0.1) is 18.7 Å². The number of benzene rings is 2. The molecule has 2 amide bonds. The van der Waals surface area contributed by atoms with Crippen molar-refractivity contribution in [2.75, 3.05) is 37.9 Å². The first-order chi connectivity index (χ1) is 22.7. The van der Waals surface area contributed by atoms with E-state index in [1.807, 2.05) is 9.80 Å². The standard InChI is InChI=1S/C36H48FN3O7/c1-4-8-26(9-5-2)40(27-11-12-29(37)23(3)16-27)33(43)20-39-19-28(24-17-25(21-41)35-31(18-24)46-22-47-35)34(36(44)45)30(39)13-15-38-14-7-6-10-32(38)42/h11-12,16-18,26,28,30,34,41H,4-10,13-15,19-22H2,1-3H3,(H,44,45)/t28-,30+,34-/m1/s1. The van der Waals surface area contributed by atoms with Crippen LogP contribution in [0.4, 0.5) is 10.1 Å². The number of aryl methyl sites for hydroxylation is 1. The number of nitrogens with zero attached hydrogens (tertiary/aromatic N) is 3. The fraction of sp³-hybridized carbons (Fsp3) is 0.583. The lowest BCUT2D eigenvalue weighted by atomic mass is 9.83. The largest absolute Gasteiger partial charge is 0.481 e. The summed E-state index contributed by atoms with van der Waals surface area (Å²) in [5.74, 6) is -1.89. The molecule has 2 aromatic rings. The fourth-order valence-corrected chi connectivity index (χ4v) is 7.67. The molecule has 5 rings (SSSR count). The summed E-state index contributed by atoms with van der Waals surface area (Å²) in [5.41, 5.74) is 2.29. The van der Waals surface area contributed by atoms with Crippen LogP contribution in [-0.2, 0) is 21.0 Å². The van der Waals surface area contributed by atoms with Gasteiger partial charge in [-0.05, 0) is 80.5 Å². The molecule has 0 aliphatic carbocycles.